The molecule has 20 heavy (non-hydrogen) atoms. The molecule has 1 fully saturated rings. The van der Waals surface area contributed by atoms with Crippen molar-refractivity contribution < 1.29 is 15.0 Å². The summed E-state index contributed by atoms with van der Waals surface area (Å²) in [6.07, 6.45) is 2.69. The van der Waals surface area contributed by atoms with Crippen LogP contribution in [0.1, 0.15) is 32.3 Å². The highest BCUT2D eigenvalue weighted by molar-refractivity contribution is 5.74. The molecule has 4 heteroatoms. The fourth-order valence-electron chi connectivity index (χ4n) is 2.96. The molecule has 0 amide bonds. The lowest BCUT2D eigenvalue weighted by molar-refractivity contribution is -0.149. The van der Waals surface area contributed by atoms with Gasteiger partial charge in [-0.1, -0.05) is 26.0 Å². The zero-order chi connectivity index (χ0) is 14.8. The van der Waals surface area contributed by atoms with Crippen LogP contribution in [0, 0.1) is 5.41 Å². The second kappa shape index (κ2) is 5.83. The van der Waals surface area contributed by atoms with Gasteiger partial charge in [0.2, 0.25) is 0 Å². The van der Waals surface area contributed by atoms with Gasteiger partial charge >= 0.3 is 5.97 Å². The summed E-state index contributed by atoms with van der Waals surface area (Å²) in [7, 11) is 0. The Balaban J connectivity index is 2.02. The minimum absolute atomic E-state index is 0.209. The average molecular weight is 277 g/mol. The molecule has 1 saturated heterocycles. The quantitative estimate of drug-likeness (QED) is 0.838. The van der Waals surface area contributed by atoms with E-state index in [0.29, 0.717) is 11.8 Å². The molecule has 1 aromatic rings. The monoisotopic (exact) mass is 277 g/mol. The van der Waals surface area contributed by atoms with Crippen molar-refractivity contribution in [3.8, 4) is 5.75 Å². The van der Waals surface area contributed by atoms with E-state index in [9.17, 15) is 15.0 Å². The Morgan fingerprint density at radius 2 is 1.80 bits per heavy atom. The lowest BCUT2D eigenvalue weighted by atomic mass is 9.74. The summed E-state index contributed by atoms with van der Waals surface area (Å²) >= 11 is 0. The lowest BCUT2D eigenvalue weighted by Gasteiger charge is -2.52. The molecule has 1 aliphatic heterocycles. The van der Waals surface area contributed by atoms with E-state index in [1.165, 1.54) is 0 Å². The van der Waals surface area contributed by atoms with Crippen molar-refractivity contribution in [2.45, 2.75) is 39.2 Å². The number of carboxylic acids is 1. The van der Waals surface area contributed by atoms with E-state index >= 15 is 0 Å². The third kappa shape index (κ3) is 2.96. The number of likely N-dealkylation sites (tertiary alicyclic amines) is 1. The molecule has 1 unspecified atom stereocenters. The van der Waals surface area contributed by atoms with Crippen LogP contribution < -0.4 is 0 Å². The largest absolute Gasteiger partial charge is 0.508 e. The van der Waals surface area contributed by atoms with Crippen LogP contribution in [-0.4, -0.2) is 40.2 Å². The minimum atomic E-state index is -0.765. The zero-order valence-electron chi connectivity index (χ0n) is 12.2. The van der Waals surface area contributed by atoms with Crippen LogP contribution in [0.2, 0.25) is 0 Å². The normalized spacial score (nSPS) is 19.3. The number of benzene rings is 1. The van der Waals surface area contributed by atoms with Gasteiger partial charge < -0.3 is 10.2 Å². The smallest absolute Gasteiger partial charge is 0.321 e. The van der Waals surface area contributed by atoms with E-state index in [2.05, 4.69) is 18.7 Å². The minimum Gasteiger partial charge on any atom is -0.508 e. The number of hydrogen-bond acceptors (Lipinski definition) is 3. The summed E-state index contributed by atoms with van der Waals surface area (Å²) in [4.78, 5) is 13.6. The molecule has 2 N–H and O–H groups in total. The van der Waals surface area contributed by atoms with Crippen LogP contribution in [0.25, 0.3) is 0 Å². The van der Waals surface area contributed by atoms with Gasteiger partial charge in [-0.3, -0.25) is 9.69 Å². The van der Waals surface area contributed by atoms with Crippen molar-refractivity contribution in [3.63, 3.8) is 0 Å². The van der Waals surface area contributed by atoms with E-state index in [0.717, 1.165) is 31.5 Å². The number of aromatic hydroxyl groups is 1. The second-order valence-corrected chi connectivity index (χ2v) is 5.84. The Labute approximate surface area is 120 Å². The number of nitrogens with zero attached hydrogens (tertiary/aromatic N) is 1. The van der Waals surface area contributed by atoms with Gasteiger partial charge in [0.05, 0.1) is 0 Å². The van der Waals surface area contributed by atoms with Crippen molar-refractivity contribution in [1.82, 2.24) is 4.90 Å². The molecule has 4 nitrogen and oxygen atoms in total. The van der Waals surface area contributed by atoms with Gasteiger partial charge in [-0.2, -0.15) is 0 Å². The summed E-state index contributed by atoms with van der Waals surface area (Å²) in [5.74, 6) is -0.556. The Hall–Kier alpha value is -1.55. The second-order valence-electron chi connectivity index (χ2n) is 5.84. The maximum absolute atomic E-state index is 11.5. The fraction of sp³-hybridized carbons (Fsp3) is 0.562. The first-order valence-corrected chi connectivity index (χ1v) is 7.24. The van der Waals surface area contributed by atoms with Crippen molar-refractivity contribution in [2.24, 2.45) is 5.41 Å². The number of aliphatic carboxylic acids is 1. The Bertz CT molecular complexity index is 457. The van der Waals surface area contributed by atoms with Gasteiger partial charge in [0.1, 0.15) is 11.8 Å². The maximum Gasteiger partial charge on any atom is 0.321 e. The average Bonchev–Trinajstić information content (AvgIpc) is 2.39. The summed E-state index contributed by atoms with van der Waals surface area (Å²) in [6, 6.07) is 6.32. The fourth-order valence-corrected chi connectivity index (χ4v) is 2.96. The van der Waals surface area contributed by atoms with Crippen LogP contribution in [0.5, 0.6) is 5.75 Å². The Morgan fingerprint density at radius 1 is 1.25 bits per heavy atom. The predicted molar refractivity (Wildman–Crippen MR) is 77.8 cm³/mol. The molecule has 2 rings (SSSR count). The van der Waals surface area contributed by atoms with Crippen LogP contribution in [0.3, 0.4) is 0 Å². The Kier molecular flexibility index (Phi) is 4.33. The number of rotatable bonds is 6. The summed E-state index contributed by atoms with van der Waals surface area (Å²) in [5.41, 5.74) is 1.25. The number of hydrogen-bond donors (Lipinski definition) is 2. The van der Waals surface area contributed by atoms with E-state index in [1.54, 1.807) is 24.3 Å². The summed E-state index contributed by atoms with van der Waals surface area (Å²) in [6.45, 7) is 6.09. The molecule has 1 aliphatic rings. The van der Waals surface area contributed by atoms with Crippen molar-refractivity contribution in [2.75, 3.05) is 13.1 Å². The third-order valence-electron chi connectivity index (χ3n) is 4.67. The van der Waals surface area contributed by atoms with E-state index in [-0.39, 0.29) is 5.75 Å². The van der Waals surface area contributed by atoms with Gasteiger partial charge in [0.15, 0.2) is 0 Å². The number of phenolic OH excluding ortho intramolecular Hbond substituents is 1. The SMILES string of the molecule is CCC1(CC)CN(C(Cc2ccc(O)cc2)C(=O)O)C1. The first kappa shape index (κ1) is 14.9. The number of phenols is 1. The third-order valence-corrected chi connectivity index (χ3v) is 4.67. The molecular weight excluding hydrogens is 254 g/mol. The highest BCUT2D eigenvalue weighted by Crippen LogP contribution is 2.38. The van der Waals surface area contributed by atoms with Crippen molar-refractivity contribution >= 4 is 5.97 Å². The summed E-state index contributed by atoms with van der Waals surface area (Å²) in [5, 5.41) is 18.7. The molecule has 0 aliphatic carbocycles. The molecule has 0 aromatic heterocycles. The highest BCUT2D eigenvalue weighted by atomic mass is 16.4. The van der Waals surface area contributed by atoms with E-state index in [1.807, 2.05) is 0 Å². The molecule has 0 spiro atoms. The van der Waals surface area contributed by atoms with Gasteiger partial charge in [-0.25, -0.2) is 0 Å². The van der Waals surface area contributed by atoms with Crippen molar-refractivity contribution in [1.29, 1.82) is 0 Å². The zero-order valence-corrected chi connectivity index (χ0v) is 12.2. The maximum atomic E-state index is 11.5. The molecule has 0 bridgehead atoms. The highest BCUT2D eigenvalue weighted by Gasteiger charge is 2.44. The molecule has 0 saturated carbocycles. The Morgan fingerprint density at radius 3 is 2.25 bits per heavy atom. The molecule has 0 radical (unpaired) electrons. The van der Waals surface area contributed by atoms with Gasteiger partial charge in [0, 0.05) is 13.1 Å². The van der Waals surface area contributed by atoms with Crippen LogP contribution in [-0.2, 0) is 11.2 Å². The topological polar surface area (TPSA) is 60.8 Å². The molecule has 110 valence electrons. The van der Waals surface area contributed by atoms with Crippen LogP contribution >= 0.6 is 0 Å². The molecule has 1 heterocycles. The number of carbonyl (C=O) groups is 1. The van der Waals surface area contributed by atoms with E-state index in [4.69, 9.17) is 0 Å². The molecule has 1 aromatic carbocycles. The summed E-state index contributed by atoms with van der Waals surface area (Å²) < 4.78 is 0. The predicted octanol–water partition coefficient (Wildman–Crippen LogP) is 2.51. The standard InChI is InChI=1S/C16H23NO3/c1-3-16(4-2)10-17(11-16)14(15(19)20)9-12-5-7-13(18)8-6-12/h5-8,14,18H,3-4,9-11H2,1-2H3,(H,19,20). The van der Waals surface area contributed by atoms with Gasteiger partial charge in [0.25, 0.3) is 0 Å². The van der Waals surface area contributed by atoms with Crippen molar-refractivity contribution in [3.05, 3.63) is 29.8 Å². The van der Waals surface area contributed by atoms with Gasteiger partial charge in [-0.15, -0.1) is 0 Å². The first-order valence-electron chi connectivity index (χ1n) is 7.24. The van der Waals surface area contributed by atoms with Crippen LogP contribution in [0.15, 0.2) is 24.3 Å². The number of carboxylic acid groups (broad SMARTS) is 1. The van der Waals surface area contributed by atoms with Gasteiger partial charge in [-0.05, 0) is 42.4 Å². The lowest BCUT2D eigenvalue weighted by Crippen LogP contribution is -2.61. The van der Waals surface area contributed by atoms with E-state index < -0.39 is 12.0 Å². The van der Waals surface area contributed by atoms with Crippen LogP contribution in [0.4, 0.5) is 0 Å². The molecule has 1 atom stereocenters. The molecular formula is C16H23NO3. The first-order chi connectivity index (χ1) is 9.49.